The summed E-state index contributed by atoms with van der Waals surface area (Å²) in [4.78, 5) is 18.0. The van der Waals surface area contributed by atoms with E-state index < -0.39 is 4.92 Å². The number of nitrogens with one attached hydrogen (secondary N) is 1. The van der Waals surface area contributed by atoms with E-state index in [9.17, 15) is 10.1 Å². The lowest BCUT2D eigenvalue weighted by atomic mass is 10.4. The molecule has 0 amide bonds. The first-order chi connectivity index (χ1) is 8.54. The van der Waals surface area contributed by atoms with Gasteiger partial charge in [-0.2, -0.15) is 5.10 Å². The van der Waals surface area contributed by atoms with E-state index in [1.54, 1.807) is 18.1 Å². The molecule has 2 heterocycles. The SMILES string of the molecule is Cn1cnc(CNc2cc([N+](=O)[O-])cc(Cl)n2)n1. The first-order valence-corrected chi connectivity index (χ1v) is 5.33. The van der Waals surface area contributed by atoms with Crippen LogP contribution in [0.3, 0.4) is 0 Å². The molecule has 0 atom stereocenters. The second-order valence-electron chi connectivity index (χ2n) is 3.48. The van der Waals surface area contributed by atoms with Gasteiger partial charge in [-0.15, -0.1) is 0 Å². The van der Waals surface area contributed by atoms with Gasteiger partial charge in [-0.05, 0) is 0 Å². The van der Waals surface area contributed by atoms with Gasteiger partial charge in [0.2, 0.25) is 0 Å². The molecule has 0 aliphatic heterocycles. The van der Waals surface area contributed by atoms with Crippen molar-refractivity contribution in [3.05, 3.63) is 39.6 Å². The predicted molar refractivity (Wildman–Crippen MR) is 64.2 cm³/mol. The molecule has 0 bridgehead atoms. The molecule has 0 aliphatic rings. The number of aromatic nitrogens is 4. The topological polar surface area (TPSA) is 98.8 Å². The minimum Gasteiger partial charge on any atom is -0.362 e. The number of nitrogens with zero attached hydrogens (tertiary/aromatic N) is 5. The number of hydrogen-bond donors (Lipinski definition) is 1. The van der Waals surface area contributed by atoms with Crippen molar-refractivity contribution in [1.29, 1.82) is 0 Å². The van der Waals surface area contributed by atoms with Crippen molar-refractivity contribution in [3.63, 3.8) is 0 Å². The van der Waals surface area contributed by atoms with E-state index in [0.29, 0.717) is 18.2 Å². The Bertz CT molecular complexity index is 584. The van der Waals surface area contributed by atoms with Crippen LogP contribution in [0.1, 0.15) is 5.82 Å². The van der Waals surface area contributed by atoms with Crippen molar-refractivity contribution in [1.82, 2.24) is 19.7 Å². The summed E-state index contributed by atoms with van der Waals surface area (Å²) in [5.74, 6) is 0.864. The van der Waals surface area contributed by atoms with Crippen molar-refractivity contribution in [2.45, 2.75) is 6.54 Å². The second-order valence-corrected chi connectivity index (χ2v) is 3.87. The fraction of sp³-hybridized carbons (Fsp3) is 0.222. The number of rotatable bonds is 4. The molecule has 9 heteroatoms. The predicted octanol–water partition coefficient (Wildman–Crippen LogP) is 1.38. The number of anilines is 1. The minimum atomic E-state index is -0.530. The summed E-state index contributed by atoms with van der Waals surface area (Å²) in [6.07, 6.45) is 1.56. The third-order valence-corrected chi connectivity index (χ3v) is 2.26. The average molecular weight is 269 g/mol. The van der Waals surface area contributed by atoms with E-state index >= 15 is 0 Å². The number of pyridine rings is 1. The van der Waals surface area contributed by atoms with E-state index in [1.807, 2.05) is 0 Å². The van der Waals surface area contributed by atoms with Gasteiger partial charge in [0.25, 0.3) is 5.69 Å². The van der Waals surface area contributed by atoms with Crippen LogP contribution in [-0.4, -0.2) is 24.7 Å². The Balaban J connectivity index is 2.11. The largest absolute Gasteiger partial charge is 0.362 e. The Kier molecular flexibility index (Phi) is 3.38. The number of hydrogen-bond acceptors (Lipinski definition) is 6. The van der Waals surface area contributed by atoms with Gasteiger partial charge < -0.3 is 5.32 Å². The van der Waals surface area contributed by atoms with Crippen LogP contribution in [0.5, 0.6) is 0 Å². The Hall–Kier alpha value is -2.22. The molecule has 0 aromatic carbocycles. The lowest BCUT2D eigenvalue weighted by Crippen LogP contribution is -2.04. The maximum Gasteiger partial charge on any atom is 0.276 e. The molecule has 0 fully saturated rings. The molecule has 0 saturated heterocycles. The van der Waals surface area contributed by atoms with Crippen LogP contribution < -0.4 is 5.32 Å². The molecular formula is C9H9ClN6O2. The van der Waals surface area contributed by atoms with Crippen LogP contribution in [0.2, 0.25) is 5.15 Å². The zero-order chi connectivity index (χ0) is 13.1. The van der Waals surface area contributed by atoms with Crippen molar-refractivity contribution in [2.24, 2.45) is 7.05 Å². The quantitative estimate of drug-likeness (QED) is 0.511. The van der Waals surface area contributed by atoms with E-state index in [0.717, 1.165) is 0 Å². The fourth-order valence-corrected chi connectivity index (χ4v) is 1.52. The van der Waals surface area contributed by atoms with E-state index in [1.165, 1.54) is 12.1 Å². The molecule has 0 saturated carbocycles. The zero-order valence-electron chi connectivity index (χ0n) is 9.37. The first kappa shape index (κ1) is 12.2. The second kappa shape index (κ2) is 4.96. The zero-order valence-corrected chi connectivity index (χ0v) is 10.1. The van der Waals surface area contributed by atoms with Gasteiger partial charge in [0.05, 0.1) is 23.6 Å². The highest BCUT2D eigenvalue weighted by molar-refractivity contribution is 6.29. The highest BCUT2D eigenvalue weighted by Gasteiger charge is 2.10. The molecule has 2 aromatic rings. The average Bonchev–Trinajstić information content (AvgIpc) is 2.72. The lowest BCUT2D eigenvalue weighted by Gasteiger charge is -2.03. The van der Waals surface area contributed by atoms with Crippen molar-refractivity contribution < 1.29 is 4.92 Å². The van der Waals surface area contributed by atoms with Gasteiger partial charge in [-0.1, -0.05) is 11.6 Å². The fourth-order valence-electron chi connectivity index (χ4n) is 1.31. The summed E-state index contributed by atoms with van der Waals surface area (Å²) in [5.41, 5.74) is -0.119. The molecule has 94 valence electrons. The number of nitro groups is 1. The summed E-state index contributed by atoms with van der Waals surface area (Å²) in [7, 11) is 1.75. The highest BCUT2D eigenvalue weighted by Crippen LogP contribution is 2.20. The van der Waals surface area contributed by atoms with E-state index in [-0.39, 0.29) is 10.8 Å². The van der Waals surface area contributed by atoms with Crippen LogP contribution >= 0.6 is 11.6 Å². The van der Waals surface area contributed by atoms with Crippen molar-refractivity contribution in [3.8, 4) is 0 Å². The summed E-state index contributed by atoms with van der Waals surface area (Å²) < 4.78 is 1.56. The molecule has 2 aromatic heterocycles. The summed E-state index contributed by atoms with van der Waals surface area (Å²) >= 11 is 5.69. The summed E-state index contributed by atoms with van der Waals surface area (Å²) in [6.45, 7) is 0.311. The normalized spacial score (nSPS) is 10.3. The molecule has 8 nitrogen and oxygen atoms in total. The maximum atomic E-state index is 10.6. The van der Waals surface area contributed by atoms with Crippen LogP contribution in [0.15, 0.2) is 18.5 Å². The van der Waals surface area contributed by atoms with E-state index in [4.69, 9.17) is 11.6 Å². The minimum absolute atomic E-state index is 0.0562. The Morgan fingerprint density at radius 3 is 2.94 bits per heavy atom. The molecule has 0 unspecified atom stereocenters. The number of halogens is 1. The smallest absolute Gasteiger partial charge is 0.276 e. The monoisotopic (exact) mass is 268 g/mol. The molecule has 0 aliphatic carbocycles. The molecule has 0 radical (unpaired) electrons. The van der Waals surface area contributed by atoms with Crippen LogP contribution in [0, 0.1) is 10.1 Å². The van der Waals surface area contributed by atoms with Gasteiger partial charge in [0, 0.05) is 7.05 Å². The molecule has 2 rings (SSSR count). The standard InChI is InChI=1S/C9H9ClN6O2/c1-15-5-12-9(14-15)4-11-8-3-6(16(17)18)2-7(10)13-8/h2-3,5H,4H2,1H3,(H,11,13). The summed E-state index contributed by atoms with van der Waals surface area (Å²) in [6, 6.07) is 2.49. The third-order valence-electron chi connectivity index (χ3n) is 2.06. The molecule has 1 N–H and O–H groups in total. The molecule has 0 spiro atoms. The van der Waals surface area contributed by atoms with Gasteiger partial charge >= 0.3 is 0 Å². The van der Waals surface area contributed by atoms with E-state index in [2.05, 4.69) is 20.4 Å². The first-order valence-electron chi connectivity index (χ1n) is 4.95. The van der Waals surface area contributed by atoms with Crippen LogP contribution in [0.4, 0.5) is 11.5 Å². The summed E-state index contributed by atoms with van der Waals surface area (Å²) in [5, 5.41) is 17.6. The van der Waals surface area contributed by atoms with Gasteiger partial charge in [0.15, 0.2) is 5.82 Å². The van der Waals surface area contributed by atoms with Gasteiger partial charge in [-0.25, -0.2) is 9.97 Å². The molecular weight excluding hydrogens is 260 g/mol. The molecule has 18 heavy (non-hydrogen) atoms. The number of aryl methyl sites for hydroxylation is 1. The Labute approximate surface area is 107 Å². The van der Waals surface area contributed by atoms with Gasteiger partial charge in [0.1, 0.15) is 17.3 Å². The maximum absolute atomic E-state index is 10.6. The Morgan fingerprint density at radius 1 is 1.56 bits per heavy atom. The third kappa shape index (κ3) is 2.92. The van der Waals surface area contributed by atoms with Crippen LogP contribution in [0.25, 0.3) is 0 Å². The highest BCUT2D eigenvalue weighted by atomic mass is 35.5. The lowest BCUT2D eigenvalue weighted by molar-refractivity contribution is -0.384. The van der Waals surface area contributed by atoms with Gasteiger partial charge in [-0.3, -0.25) is 14.8 Å². The van der Waals surface area contributed by atoms with Crippen molar-refractivity contribution in [2.75, 3.05) is 5.32 Å². The van der Waals surface area contributed by atoms with Crippen LogP contribution in [-0.2, 0) is 13.6 Å². The Morgan fingerprint density at radius 2 is 2.33 bits per heavy atom. The van der Waals surface area contributed by atoms with Crippen molar-refractivity contribution >= 4 is 23.1 Å².